The molecular formula is C16H8Br2N2O2. The SMILES string of the molecule is N#C/C(=C\c1cc(Br)c(O)c(Br)c1)c1nc2ccccc2o1. The highest BCUT2D eigenvalue weighted by Crippen LogP contribution is 2.34. The number of nitrogens with zero attached hydrogens (tertiary/aromatic N) is 2. The molecule has 1 aromatic heterocycles. The van der Waals surface area contributed by atoms with Gasteiger partial charge >= 0.3 is 0 Å². The first-order valence-corrected chi connectivity index (χ1v) is 7.83. The molecule has 0 atom stereocenters. The third kappa shape index (κ3) is 2.78. The van der Waals surface area contributed by atoms with E-state index < -0.39 is 0 Å². The summed E-state index contributed by atoms with van der Waals surface area (Å²) in [6, 6.07) is 12.8. The number of aromatic hydroxyl groups is 1. The number of hydrogen-bond acceptors (Lipinski definition) is 4. The predicted octanol–water partition coefficient (Wildman–Crippen LogP) is 5.12. The van der Waals surface area contributed by atoms with Crippen molar-refractivity contribution in [1.29, 1.82) is 5.26 Å². The molecule has 0 aliphatic carbocycles. The molecule has 2 aromatic carbocycles. The number of benzene rings is 2. The van der Waals surface area contributed by atoms with E-state index in [0.29, 0.717) is 25.6 Å². The third-order valence-corrected chi connectivity index (χ3v) is 4.20. The maximum absolute atomic E-state index is 9.72. The van der Waals surface area contributed by atoms with E-state index in [1.807, 2.05) is 18.2 Å². The quantitative estimate of drug-likeness (QED) is 0.585. The minimum Gasteiger partial charge on any atom is -0.506 e. The van der Waals surface area contributed by atoms with Crippen LogP contribution in [0.2, 0.25) is 0 Å². The number of nitriles is 1. The summed E-state index contributed by atoms with van der Waals surface area (Å²) in [7, 11) is 0. The number of phenols is 1. The number of allylic oxidation sites excluding steroid dienone is 1. The normalized spacial score (nSPS) is 11.6. The van der Waals surface area contributed by atoms with Crippen molar-refractivity contribution in [3.05, 3.63) is 56.8 Å². The first-order valence-electron chi connectivity index (χ1n) is 6.24. The molecule has 0 fully saturated rings. The molecule has 0 saturated heterocycles. The second-order valence-electron chi connectivity index (χ2n) is 4.49. The zero-order chi connectivity index (χ0) is 15.7. The fourth-order valence-electron chi connectivity index (χ4n) is 1.96. The van der Waals surface area contributed by atoms with Crippen molar-refractivity contribution in [2.24, 2.45) is 0 Å². The summed E-state index contributed by atoms with van der Waals surface area (Å²) in [5.41, 5.74) is 2.37. The van der Waals surface area contributed by atoms with Gasteiger partial charge in [0, 0.05) is 0 Å². The summed E-state index contributed by atoms with van der Waals surface area (Å²) in [6.07, 6.45) is 1.65. The van der Waals surface area contributed by atoms with E-state index in [9.17, 15) is 10.4 Å². The number of aromatic nitrogens is 1. The molecule has 1 heterocycles. The largest absolute Gasteiger partial charge is 0.506 e. The van der Waals surface area contributed by atoms with Crippen LogP contribution in [0.25, 0.3) is 22.7 Å². The third-order valence-electron chi connectivity index (χ3n) is 2.99. The Morgan fingerprint density at radius 1 is 1.23 bits per heavy atom. The summed E-state index contributed by atoms with van der Waals surface area (Å²) in [5, 5.41) is 19.1. The van der Waals surface area contributed by atoms with E-state index in [-0.39, 0.29) is 11.6 Å². The van der Waals surface area contributed by atoms with Crippen LogP contribution in [0.15, 0.2) is 49.8 Å². The highest BCUT2D eigenvalue weighted by atomic mass is 79.9. The van der Waals surface area contributed by atoms with Gasteiger partial charge in [0.05, 0.1) is 8.95 Å². The van der Waals surface area contributed by atoms with E-state index >= 15 is 0 Å². The van der Waals surface area contributed by atoms with Crippen molar-refractivity contribution in [2.75, 3.05) is 0 Å². The van der Waals surface area contributed by atoms with Crippen LogP contribution in [0.5, 0.6) is 5.75 Å². The van der Waals surface area contributed by atoms with E-state index in [0.717, 1.165) is 5.56 Å². The van der Waals surface area contributed by atoms with Crippen LogP contribution in [0.4, 0.5) is 0 Å². The van der Waals surface area contributed by atoms with Crippen LogP contribution >= 0.6 is 31.9 Å². The summed E-state index contributed by atoms with van der Waals surface area (Å²) in [5.74, 6) is 0.376. The van der Waals surface area contributed by atoms with Gasteiger partial charge in [-0.15, -0.1) is 0 Å². The summed E-state index contributed by atoms with van der Waals surface area (Å²) in [6.45, 7) is 0. The molecule has 108 valence electrons. The lowest BCUT2D eigenvalue weighted by Gasteiger charge is -2.02. The molecule has 4 nitrogen and oxygen atoms in total. The number of para-hydroxylation sites is 2. The monoisotopic (exact) mass is 418 g/mol. The van der Waals surface area contributed by atoms with Gasteiger partial charge in [-0.1, -0.05) is 12.1 Å². The Balaban J connectivity index is 2.09. The molecule has 1 N–H and O–H groups in total. The average Bonchev–Trinajstić information content (AvgIpc) is 2.93. The molecule has 0 amide bonds. The first-order chi connectivity index (χ1) is 10.6. The van der Waals surface area contributed by atoms with Crippen LogP contribution in [-0.4, -0.2) is 10.1 Å². The fraction of sp³-hybridized carbons (Fsp3) is 0. The van der Waals surface area contributed by atoms with Crippen LogP contribution in [0.3, 0.4) is 0 Å². The Bertz CT molecular complexity index is 883. The van der Waals surface area contributed by atoms with Crippen molar-refractivity contribution in [1.82, 2.24) is 4.98 Å². The van der Waals surface area contributed by atoms with Gasteiger partial charge in [-0.25, -0.2) is 4.98 Å². The molecule has 0 aliphatic rings. The Labute approximate surface area is 143 Å². The van der Waals surface area contributed by atoms with Gasteiger partial charge < -0.3 is 9.52 Å². The molecule has 0 unspecified atom stereocenters. The second-order valence-corrected chi connectivity index (χ2v) is 6.20. The number of oxazole rings is 1. The zero-order valence-electron chi connectivity index (χ0n) is 11.0. The van der Waals surface area contributed by atoms with Gasteiger partial charge in [-0.05, 0) is 67.8 Å². The topological polar surface area (TPSA) is 70.0 Å². The number of fused-ring (bicyclic) bond motifs is 1. The van der Waals surface area contributed by atoms with Crippen LogP contribution in [0, 0.1) is 11.3 Å². The first kappa shape index (κ1) is 14.8. The van der Waals surface area contributed by atoms with Gasteiger partial charge in [0.2, 0.25) is 5.89 Å². The Kier molecular flexibility index (Phi) is 4.01. The molecule has 0 aliphatic heterocycles. The lowest BCUT2D eigenvalue weighted by molar-refractivity contribution is 0.468. The molecule has 6 heteroatoms. The van der Waals surface area contributed by atoms with Crippen molar-refractivity contribution < 1.29 is 9.52 Å². The van der Waals surface area contributed by atoms with Crippen molar-refractivity contribution in [3.8, 4) is 11.8 Å². The van der Waals surface area contributed by atoms with Gasteiger partial charge in [0.1, 0.15) is 22.9 Å². The Morgan fingerprint density at radius 3 is 2.55 bits per heavy atom. The Hall–Kier alpha value is -2.10. The number of hydrogen-bond donors (Lipinski definition) is 1. The number of halogens is 2. The predicted molar refractivity (Wildman–Crippen MR) is 91.0 cm³/mol. The van der Waals surface area contributed by atoms with E-state index in [2.05, 4.69) is 42.9 Å². The summed E-state index contributed by atoms with van der Waals surface area (Å²) < 4.78 is 6.66. The molecule has 0 bridgehead atoms. The number of phenolic OH excluding ortho intramolecular Hbond substituents is 1. The van der Waals surface area contributed by atoms with E-state index in [1.165, 1.54) is 0 Å². The van der Waals surface area contributed by atoms with Gasteiger partial charge in [-0.3, -0.25) is 0 Å². The van der Waals surface area contributed by atoms with E-state index in [4.69, 9.17) is 4.42 Å². The fourth-order valence-corrected chi connectivity index (χ4v) is 3.19. The second kappa shape index (κ2) is 5.95. The highest BCUT2D eigenvalue weighted by molar-refractivity contribution is 9.11. The minimum absolute atomic E-state index is 0.109. The lowest BCUT2D eigenvalue weighted by Crippen LogP contribution is -1.83. The molecule has 0 radical (unpaired) electrons. The van der Waals surface area contributed by atoms with Crippen molar-refractivity contribution in [2.45, 2.75) is 0 Å². The molecule has 22 heavy (non-hydrogen) atoms. The smallest absolute Gasteiger partial charge is 0.238 e. The van der Waals surface area contributed by atoms with Crippen molar-refractivity contribution in [3.63, 3.8) is 0 Å². The highest BCUT2D eigenvalue weighted by Gasteiger charge is 2.11. The van der Waals surface area contributed by atoms with E-state index in [1.54, 1.807) is 24.3 Å². The summed E-state index contributed by atoms with van der Waals surface area (Å²) >= 11 is 6.52. The van der Waals surface area contributed by atoms with Crippen LogP contribution < -0.4 is 0 Å². The van der Waals surface area contributed by atoms with Gasteiger partial charge in [0.25, 0.3) is 0 Å². The Morgan fingerprint density at radius 2 is 1.91 bits per heavy atom. The summed E-state index contributed by atoms with van der Waals surface area (Å²) in [4.78, 5) is 4.31. The van der Waals surface area contributed by atoms with Crippen LogP contribution in [0.1, 0.15) is 11.5 Å². The molecular weight excluding hydrogens is 412 g/mol. The maximum Gasteiger partial charge on any atom is 0.238 e. The minimum atomic E-state index is 0.109. The van der Waals surface area contributed by atoms with Gasteiger partial charge in [-0.2, -0.15) is 5.26 Å². The van der Waals surface area contributed by atoms with Crippen molar-refractivity contribution >= 4 is 54.6 Å². The standard InChI is InChI=1S/C16H8Br2N2O2/c17-11-6-9(7-12(18)15(11)21)5-10(8-19)16-20-13-3-1-2-4-14(13)22-16/h1-7,21H/b10-5+. The molecule has 3 aromatic rings. The molecule has 0 saturated carbocycles. The van der Waals surface area contributed by atoms with Gasteiger partial charge in [0.15, 0.2) is 5.58 Å². The maximum atomic E-state index is 9.72. The molecule has 3 rings (SSSR count). The average molecular weight is 420 g/mol. The zero-order valence-corrected chi connectivity index (χ0v) is 14.2. The molecule has 0 spiro atoms. The lowest BCUT2D eigenvalue weighted by atomic mass is 10.1. The number of rotatable bonds is 2. The van der Waals surface area contributed by atoms with Crippen LogP contribution in [-0.2, 0) is 0 Å².